The van der Waals surface area contributed by atoms with Gasteiger partial charge in [0.05, 0.1) is 0 Å². The molecule has 1 heterocycles. The summed E-state index contributed by atoms with van der Waals surface area (Å²) in [6.45, 7) is 0.783. The third-order valence-electron chi connectivity index (χ3n) is 2.29. The highest BCUT2D eigenvalue weighted by molar-refractivity contribution is 5.60. The molecule has 0 radical (unpaired) electrons. The lowest BCUT2D eigenvalue weighted by atomic mass is 10.1. The van der Waals surface area contributed by atoms with E-state index in [0.717, 1.165) is 17.8 Å². The van der Waals surface area contributed by atoms with E-state index in [9.17, 15) is 4.39 Å². The van der Waals surface area contributed by atoms with Crippen LogP contribution in [-0.4, -0.2) is 12.0 Å². The minimum absolute atomic E-state index is 0.199. The van der Waals surface area contributed by atoms with E-state index < -0.39 is 0 Å². The van der Waals surface area contributed by atoms with Crippen LogP contribution in [0.25, 0.3) is 11.3 Å². The summed E-state index contributed by atoms with van der Waals surface area (Å²) in [4.78, 5) is 3.07. The number of hydrogen-bond acceptors (Lipinski definition) is 1. The van der Waals surface area contributed by atoms with Crippen molar-refractivity contribution in [1.82, 2.24) is 10.3 Å². The molecule has 0 aliphatic heterocycles. The second kappa shape index (κ2) is 4.28. The van der Waals surface area contributed by atoms with Crippen LogP contribution in [0.2, 0.25) is 0 Å². The van der Waals surface area contributed by atoms with E-state index in [4.69, 9.17) is 0 Å². The average molecular weight is 204 g/mol. The maximum absolute atomic E-state index is 13.4. The lowest BCUT2D eigenvalue weighted by molar-refractivity contribution is 0.631. The highest BCUT2D eigenvalue weighted by atomic mass is 19.1. The van der Waals surface area contributed by atoms with Gasteiger partial charge >= 0.3 is 0 Å². The van der Waals surface area contributed by atoms with Crippen LogP contribution in [0.4, 0.5) is 4.39 Å². The van der Waals surface area contributed by atoms with Crippen LogP contribution in [0, 0.1) is 5.82 Å². The highest BCUT2D eigenvalue weighted by Gasteiger charge is 2.05. The minimum atomic E-state index is -0.199. The number of nitrogens with one attached hydrogen (secondary N) is 2. The van der Waals surface area contributed by atoms with Gasteiger partial charge in [0, 0.05) is 24.0 Å². The Hall–Kier alpha value is -1.61. The molecule has 0 saturated carbocycles. The van der Waals surface area contributed by atoms with E-state index in [2.05, 4.69) is 10.3 Å². The van der Waals surface area contributed by atoms with Gasteiger partial charge in [0.2, 0.25) is 0 Å². The number of aromatic nitrogens is 1. The summed E-state index contributed by atoms with van der Waals surface area (Å²) in [6.07, 6.45) is 1.89. The van der Waals surface area contributed by atoms with E-state index in [1.807, 2.05) is 25.4 Å². The summed E-state index contributed by atoms with van der Waals surface area (Å²) in [5.41, 5.74) is 2.55. The first kappa shape index (κ1) is 9.93. The Morgan fingerprint density at radius 2 is 2.13 bits per heavy atom. The molecule has 0 spiro atoms. The van der Waals surface area contributed by atoms with Crippen LogP contribution >= 0.6 is 0 Å². The van der Waals surface area contributed by atoms with Gasteiger partial charge in [-0.2, -0.15) is 0 Å². The first-order chi connectivity index (χ1) is 7.31. The maximum Gasteiger partial charge on any atom is 0.132 e. The molecule has 0 unspecified atom stereocenters. The van der Waals surface area contributed by atoms with Crippen LogP contribution in [0.1, 0.15) is 5.56 Å². The van der Waals surface area contributed by atoms with Crippen LogP contribution in [0.15, 0.2) is 36.5 Å². The van der Waals surface area contributed by atoms with Crippen molar-refractivity contribution in [3.05, 3.63) is 47.9 Å². The number of H-pyrrole nitrogens is 1. The molecule has 0 bridgehead atoms. The van der Waals surface area contributed by atoms with Gasteiger partial charge in [-0.3, -0.25) is 0 Å². The minimum Gasteiger partial charge on any atom is -0.361 e. The first-order valence-electron chi connectivity index (χ1n) is 4.88. The van der Waals surface area contributed by atoms with Crippen LogP contribution < -0.4 is 5.32 Å². The number of hydrogen-bond donors (Lipinski definition) is 2. The lowest BCUT2D eigenvalue weighted by Crippen LogP contribution is -2.03. The smallest absolute Gasteiger partial charge is 0.132 e. The van der Waals surface area contributed by atoms with Crippen molar-refractivity contribution in [2.75, 3.05) is 7.05 Å². The SMILES string of the molecule is CNCc1c[nH]c(-c2ccccc2F)c1. The average Bonchev–Trinajstić information content (AvgIpc) is 2.68. The molecule has 2 aromatic rings. The number of aromatic amines is 1. The van der Waals surface area contributed by atoms with Crippen molar-refractivity contribution in [2.24, 2.45) is 0 Å². The quantitative estimate of drug-likeness (QED) is 0.790. The lowest BCUT2D eigenvalue weighted by Gasteiger charge is -1.98. The molecule has 2 N–H and O–H groups in total. The normalized spacial score (nSPS) is 10.5. The Kier molecular flexibility index (Phi) is 2.83. The van der Waals surface area contributed by atoms with Crippen LogP contribution in [0.5, 0.6) is 0 Å². The van der Waals surface area contributed by atoms with Crippen molar-refractivity contribution >= 4 is 0 Å². The molecule has 3 heteroatoms. The van der Waals surface area contributed by atoms with Gasteiger partial charge in [-0.1, -0.05) is 12.1 Å². The first-order valence-corrected chi connectivity index (χ1v) is 4.88. The molecular formula is C12H13FN2. The zero-order valence-corrected chi connectivity index (χ0v) is 8.55. The Bertz CT molecular complexity index is 448. The largest absolute Gasteiger partial charge is 0.361 e. The topological polar surface area (TPSA) is 27.8 Å². The molecule has 15 heavy (non-hydrogen) atoms. The van der Waals surface area contributed by atoms with Gasteiger partial charge in [-0.05, 0) is 30.8 Å². The van der Waals surface area contributed by atoms with Crippen molar-refractivity contribution in [1.29, 1.82) is 0 Å². The van der Waals surface area contributed by atoms with Crippen LogP contribution in [0.3, 0.4) is 0 Å². The zero-order chi connectivity index (χ0) is 10.7. The van der Waals surface area contributed by atoms with Gasteiger partial charge in [0.25, 0.3) is 0 Å². The monoisotopic (exact) mass is 204 g/mol. The van der Waals surface area contributed by atoms with Gasteiger partial charge in [0.15, 0.2) is 0 Å². The number of halogens is 1. The zero-order valence-electron chi connectivity index (χ0n) is 8.55. The van der Waals surface area contributed by atoms with E-state index in [1.54, 1.807) is 12.1 Å². The summed E-state index contributed by atoms with van der Waals surface area (Å²) in [7, 11) is 1.88. The Morgan fingerprint density at radius 1 is 1.33 bits per heavy atom. The summed E-state index contributed by atoms with van der Waals surface area (Å²) in [5, 5.41) is 3.05. The molecule has 0 aliphatic carbocycles. The van der Waals surface area contributed by atoms with E-state index >= 15 is 0 Å². The summed E-state index contributed by atoms with van der Waals surface area (Å²) >= 11 is 0. The van der Waals surface area contributed by atoms with E-state index in [0.29, 0.717) is 5.56 Å². The summed E-state index contributed by atoms with van der Waals surface area (Å²) in [5.74, 6) is -0.199. The second-order valence-electron chi connectivity index (χ2n) is 3.43. The Balaban J connectivity index is 2.33. The van der Waals surface area contributed by atoms with Gasteiger partial charge in [0.1, 0.15) is 5.82 Å². The molecule has 0 saturated heterocycles. The molecule has 1 aromatic carbocycles. The molecular weight excluding hydrogens is 191 g/mol. The third-order valence-corrected chi connectivity index (χ3v) is 2.29. The Morgan fingerprint density at radius 3 is 2.87 bits per heavy atom. The van der Waals surface area contributed by atoms with Gasteiger partial charge in [-0.25, -0.2) is 4.39 Å². The predicted octanol–water partition coefficient (Wildman–Crippen LogP) is 2.54. The molecule has 0 aliphatic rings. The molecule has 0 amide bonds. The van der Waals surface area contributed by atoms with Crippen LogP contribution in [-0.2, 0) is 6.54 Å². The fraction of sp³-hybridized carbons (Fsp3) is 0.167. The fourth-order valence-corrected chi connectivity index (χ4v) is 1.58. The fourth-order valence-electron chi connectivity index (χ4n) is 1.58. The molecule has 1 aromatic heterocycles. The maximum atomic E-state index is 13.4. The Labute approximate surface area is 88.1 Å². The van der Waals surface area contributed by atoms with Gasteiger partial charge in [-0.15, -0.1) is 0 Å². The van der Waals surface area contributed by atoms with E-state index in [-0.39, 0.29) is 5.82 Å². The second-order valence-corrected chi connectivity index (χ2v) is 3.43. The standard InChI is InChI=1S/C12H13FN2/c1-14-7-9-6-12(15-8-9)10-4-2-3-5-11(10)13/h2-6,8,14-15H,7H2,1H3. The molecule has 78 valence electrons. The molecule has 2 rings (SSSR count). The van der Waals surface area contributed by atoms with E-state index in [1.165, 1.54) is 6.07 Å². The van der Waals surface area contributed by atoms with Crippen molar-refractivity contribution < 1.29 is 4.39 Å². The number of benzene rings is 1. The molecule has 0 fully saturated rings. The highest BCUT2D eigenvalue weighted by Crippen LogP contribution is 2.21. The summed E-state index contributed by atoms with van der Waals surface area (Å²) < 4.78 is 13.4. The van der Waals surface area contributed by atoms with Crippen molar-refractivity contribution in [3.63, 3.8) is 0 Å². The number of rotatable bonds is 3. The molecule has 2 nitrogen and oxygen atoms in total. The predicted molar refractivity (Wildman–Crippen MR) is 59.0 cm³/mol. The summed E-state index contributed by atoms with van der Waals surface area (Å²) in [6, 6.07) is 8.71. The molecule has 0 atom stereocenters. The van der Waals surface area contributed by atoms with Gasteiger partial charge < -0.3 is 10.3 Å². The third kappa shape index (κ3) is 2.07. The van der Waals surface area contributed by atoms with Crippen molar-refractivity contribution in [3.8, 4) is 11.3 Å². The van der Waals surface area contributed by atoms with Crippen molar-refractivity contribution in [2.45, 2.75) is 6.54 Å².